The lowest BCUT2D eigenvalue weighted by molar-refractivity contribution is 0.0953. The highest BCUT2D eigenvalue weighted by Gasteiger charge is 2.22. The number of nitrogens with zero attached hydrogens (tertiary/aromatic N) is 1. The maximum Gasteiger partial charge on any atom is 0.251 e. The van der Waals surface area contributed by atoms with Gasteiger partial charge < -0.3 is 14.8 Å². The monoisotopic (exact) mass is 326 g/mol. The topological polar surface area (TPSA) is 60.5 Å². The number of nitrogens with one attached hydrogen (secondary N) is 1. The van der Waals surface area contributed by atoms with Crippen molar-refractivity contribution in [3.63, 3.8) is 0 Å². The molecule has 1 aliphatic rings. The van der Waals surface area contributed by atoms with Crippen LogP contribution in [-0.2, 0) is 6.42 Å². The fourth-order valence-electron chi connectivity index (χ4n) is 2.44. The highest BCUT2D eigenvalue weighted by Crippen LogP contribution is 2.29. The van der Waals surface area contributed by atoms with Gasteiger partial charge in [-0.2, -0.15) is 0 Å². The van der Waals surface area contributed by atoms with Gasteiger partial charge in [0.2, 0.25) is 5.88 Å². The van der Waals surface area contributed by atoms with E-state index in [1.165, 1.54) is 12.8 Å². The number of para-hydroxylation sites is 1. The van der Waals surface area contributed by atoms with Crippen LogP contribution < -0.4 is 14.8 Å². The Morgan fingerprint density at radius 1 is 1.29 bits per heavy atom. The van der Waals surface area contributed by atoms with Crippen LogP contribution in [0.25, 0.3) is 0 Å². The van der Waals surface area contributed by atoms with E-state index in [4.69, 9.17) is 9.47 Å². The number of rotatable bonds is 8. The van der Waals surface area contributed by atoms with Crippen LogP contribution in [-0.4, -0.2) is 31.2 Å². The summed E-state index contributed by atoms with van der Waals surface area (Å²) in [5, 5.41) is 2.93. The van der Waals surface area contributed by atoms with Crippen molar-refractivity contribution in [3.05, 3.63) is 53.7 Å². The summed E-state index contributed by atoms with van der Waals surface area (Å²) in [6.07, 6.45) is 4.77. The van der Waals surface area contributed by atoms with Crippen LogP contribution in [0.2, 0.25) is 0 Å². The average molecular weight is 326 g/mol. The SMILES string of the molecule is COc1ccccc1CCNC(=O)c1ccnc(OCC2CC2)c1. The molecule has 5 nitrogen and oxygen atoms in total. The lowest BCUT2D eigenvalue weighted by Crippen LogP contribution is -2.25. The number of hydrogen-bond donors (Lipinski definition) is 1. The van der Waals surface area contributed by atoms with Gasteiger partial charge in [-0.05, 0) is 42.9 Å². The molecular weight excluding hydrogens is 304 g/mol. The normalized spacial score (nSPS) is 13.4. The summed E-state index contributed by atoms with van der Waals surface area (Å²) in [5.41, 5.74) is 1.64. The second-order valence-corrected chi connectivity index (χ2v) is 5.95. The van der Waals surface area contributed by atoms with Gasteiger partial charge in [0.1, 0.15) is 5.75 Å². The molecule has 1 fully saturated rings. The van der Waals surface area contributed by atoms with Crippen molar-refractivity contribution < 1.29 is 14.3 Å². The minimum absolute atomic E-state index is 0.122. The Bertz CT molecular complexity index is 699. The molecule has 0 saturated heterocycles. The number of benzene rings is 1. The zero-order valence-corrected chi connectivity index (χ0v) is 13.8. The number of aromatic nitrogens is 1. The molecule has 1 aromatic heterocycles. The molecule has 0 unspecified atom stereocenters. The molecule has 0 atom stereocenters. The molecule has 1 aliphatic carbocycles. The molecule has 0 radical (unpaired) electrons. The van der Waals surface area contributed by atoms with E-state index in [9.17, 15) is 4.79 Å². The van der Waals surface area contributed by atoms with Crippen molar-refractivity contribution in [1.82, 2.24) is 10.3 Å². The van der Waals surface area contributed by atoms with E-state index in [0.717, 1.165) is 11.3 Å². The first kappa shape index (κ1) is 16.3. The average Bonchev–Trinajstić information content (AvgIpc) is 3.45. The van der Waals surface area contributed by atoms with Gasteiger partial charge >= 0.3 is 0 Å². The van der Waals surface area contributed by atoms with Crippen molar-refractivity contribution in [2.24, 2.45) is 5.92 Å². The predicted molar refractivity (Wildman–Crippen MR) is 91.5 cm³/mol. The highest BCUT2D eigenvalue weighted by atomic mass is 16.5. The van der Waals surface area contributed by atoms with Crippen LogP contribution >= 0.6 is 0 Å². The first-order chi connectivity index (χ1) is 11.8. The molecule has 0 spiro atoms. The van der Waals surface area contributed by atoms with E-state index in [1.807, 2.05) is 24.3 Å². The van der Waals surface area contributed by atoms with Crippen LogP contribution in [0, 0.1) is 5.92 Å². The summed E-state index contributed by atoms with van der Waals surface area (Å²) in [6.45, 7) is 1.23. The molecule has 3 rings (SSSR count). The van der Waals surface area contributed by atoms with Crippen molar-refractivity contribution >= 4 is 5.91 Å². The van der Waals surface area contributed by atoms with Crippen LogP contribution in [0.15, 0.2) is 42.6 Å². The molecule has 1 amide bonds. The Balaban J connectivity index is 1.51. The fraction of sp³-hybridized carbons (Fsp3) is 0.368. The zero-order valence-electron chi connectivity index (χ0n) is 13.8. The quantitative estimate of drug-likeness (QED) is 0.810. The molecule has 1 saturated carbocycles. The molecule has 24 heavy (non-hydrogen) atoms. The van der Waals surface area contributed by atoms with Gasteiger partial charge in [0.15, 0.2) is 0 Å². The third-order valence-corrected chi connectivity index (χ3v) is 4.03. The summed E-state index contributed by atoms with van der Waals surface area (Å²) in [4.78, 5) is 16.4. The van der Waals surface area contributed by atoms with E-state index >= 15 is 0 Å². The lowest BCUT2D eigenvalue weighted by atomic mass is 10.1. The molecular formula is C19H22N2O3. The highest BCUT2D eigenvalue weighted by molar-refractivity contribution is 5.94. The second-order valence-electron chi connectivity index (χ2n) is 5.95. The molecule has 1 heterocycles. The molecule has 1 aromatic carbocycles. The first-order valence-corrected chi connectivity index (χ1v) is 8.25. The molecule has 0 aliphatic heterocycles. The van der Waals surface area contributed by atoms with Crippen molar-refractivity contribution in [1.29, 1.82) is 0 Å². The molecule has 1 N–H and O–H groups in total. The Kier molecular flexibility index (Phi) is 5.31. The zero-order chi connectivity index (χ0) is 16.8. The van der Waals surface area contributed by atoms with Gasteiger partial charge in [-0.1, -0.05) is 18.2 Å². The van der Waals surface area contributed by atoms with Gasteiger partial charge in [-0.15, -0.1) is 0 Å². The minimum atomic E-state index is -0.122. The molecule has 2 aromatic rings. The van der Waals surface area contributed by atoms with Gasteiger partial charge in [0.25, 0.3) is 5.91 Å². The number of carbonyl (C=O) groups excluding carboxylic acids is 1. The van der Waals surface area contributed by atoms with Gasteiger partial charge in [-0.3, -0.25) is 4.79 Å². The summed E-state index contributed by atoms with van der Waals surface area (Å²) >= 11 is 0. The summed E-state index contributed by atoms with van der Waals surface area (Å²) < 4.78 is 10.9. The van der Waals surface area contributed by atoms with E-state index in [2.05, 4.69) is 10.3 Å². The van der Waals surface area contributed by atoms with Gasteiger partial charge in [-0.25, -0.2) is 4.98 Å². The van der Waals surface area contributed by atoms with E-state index < -0.39 is 0 Å². The number of carbonyl (C=O) groups is 1. The maximum atomic E-state index is 12.3. The maximum absolute atomic E-state index is 12.3. The van der Waals surface area contributed by atoms with E-state index in [0.29, 0.717) is 36.9 Å². The molecule has 0 bridgehead atoms. The number of amides is 1. The van der Waals surface area contributed by atoms with Crippen molar-refractivity contribution in [2.75, 3.05) is 20.3 Å². The number of pyridine rings is 1. The Hall–Kier alpha value is -2.56. The minimum Gasteiger partial charge on any atom is -0.496 e. The number of hydrogen-bond acceptors (Lipinski definition) is 4. The van der Waals surface area contributed by atoms with Crippen LogP contribution in [0.1, 0.15) is 28.8 Å². The number of methoxy groups -OCH3 is 1. The van der Waals surface area contributed by atoms with Crippen molar-refractivity contribution in [3.8, 4) is 11.6 Å². The third kappa shape index (κ3) is 4.47. The first-order valence-electron chi connectivity index (χ1n) is 8.25. The summed E-state index contributed by atoms with van der Waals surface area (Å²) in [6, 6.07) is 11.2. The number of ether oxygens (including phenoxy) is 2. The Morgan fingerprint density at radius 3 is 2.92 bits per heavy atom. The smallest absolute Gasteiger partial charge is 0.251 e. The van der Waals surface area contributed by atoms with Gasteiger partial charge in [0.05, 0.1) is 13.7 Å². The van der Waals surface area contributed by atoms with Gasteiger partial charge in [0, 0.05) is 24.4 Å². The lowest BCUT2D eigenvalue weighted by Gasteiger charge is -2.10. The van der Waals surface area contributed by atoms with Crippen LogP contribution in [0.3, 0.4) is 0 Å². The molecule has 5 heteroatoms. The standard InChI is InChI=1S/C19H22N2O3/c1-23-17-5-3-2-4-15(17)8-11-21-19(22)16-9-10-20-18(12-16)24-13-14-6-7-14/h2-5,9-10,12,14H,6-8,11,13H2,1H3,(H,21,22). The van der Waals surface area contributed by atoms with Crippen LogP contribution in [0.4, 0.5) is 0 Å². The Morgan fingerprint density at radius 2 is 2.12 bits per heavy atom. The Labute approximate surface area is 142 Å². The summed E-state index contributed by atoms with van der Waals surface area (Å²) in [5.74, 6) is 1.89. The molecule has 126 valence electrons. The largest absolute Gasteiger partial charge is 0.496 e. The van der Waals surface area contributed by atoms with Crippen LogP contribution in [0.5, 0.6) is 11.6 Å². The third-order valence-electron chi connectivity index (χ3n) is 4.03. The predicted octanol–water partition coefficient (Wildman–Crippen LogP) is 2.85. The second kappa shape index (κ2) is 7.81. The summed E-state index contributed by atoms with van der Waals surface area (Å²) in [7, 11) is 1.65. The van der Waals surface area contributed by atoms with E-state index in [1.54, 1.807) is 25.4 Å². The van der Waals surface area contributed by atoms with E-state index in [-0.39, 0.29) is 5.91 Å². The van der Waals surface area contributed by atoms with Crippen molar-refractivity contribution in [2.45, 2.75) is 19.3 Å². The fourth-order valence-corrected chi connectivity index (χ4v) is 2.44.